The Morgan fingerprint density at radius 3 is 2.44 bits per heavy atom. The van der Waals surface area contributed by atoms with Crippen LogP contribution in [0, 0.1) is 0 Å². The zero-order valence-corrected chi connectivity index (χ0v) is 10.6. The van der Waals surface area contributed by atoms with Crippen molar-refractivity contribution in [2.75, 3.05) is 0 Å². The SMILES string of the molecule is CC.CC(=O)OC1(c2ccc(C=O)s2)CC1. The topological polar surface area (TPSA) is 43.4 Å². The number of rotatable bonds is 3. The first-order chi connectivity index (χ1) is 7.66. The van der Waals surface area contributed by atoms with Crippen LogP contribution in [0.1, 0.15) is 48.2 Å². The van der Waals surface area contributed by atoms with E-state index in [0.29, 0.717) is 4.88 Å². The molecule has 88 valence electrons. The Labute approximate surface area is 99.4 Å². The molecule has 1 fully saturated rings. The molecule has 0 amide bonds. The van der Waals surface area contributed by atoms with Crippen molar-refractivity contribution in [2.45, 2.75) is 39.2 Å². The maximum Gasteiger partial charge on any atom is 0.303 e. The Morgan fingerprint density at radius 2 is 2.06 bits per heavy atom. The molecule has 1 saturated carbocycles. The number of esters is 1. The predicted octanol–water partition coefficient (Wildman–Crippen LogP) is 3.14. The summed E-state index contributed by atoms with van der Waals surface area (Å²) in [6.07, 6.45) is 2.55. The molecule has 3 nitrogen and oxygen atoms in total. The Kier molecular flexibility index (Phi) is 4.24. The first-order valence-corrected chi connectivity index (χ1v) is 6.23. The lowest BCUT2D eigenvalue weighted by Gasteiger charge is -2.12. The van der Waals surface area contributed by atoms with Crippen molar-refractivity contribution in [3.05, 3.63) is 21.9 Å². The van der Waals surface area contributed by atoms with Gasteiger partial charge in [0.05, 0.1) is 4.88 Å². The van der Waals surface area contributed by atoms with E-state index in [0.717, 1.165) is 24.0 Å². The van der Waals surface area contributed by atoms with Crippen LogP contribution >= 0.6 is 11.3 Å². The summed E-state index contributed by atoms with van der Waals surface area (Å²) in [4.78, 5) is 23.0. The van der Waals surface area contributed by atoms with Crippen LogP contribution in [0.25, 0.3) is 0 Å². The standard InChI is InChI=1S/C10H10O3S.C2H6/c1-7(12)13-10(4-5-10)9-3-2-8(6-11)14-9;1-2/h2-3,6H,4-5H2,1H3;1-2H3. The number of carbonyl (C=O) groups excluding carboxylic acids is 2. The minimum atomic E-state index is -0.405. The predicted molar refractivity (Wildman–Crippen MR) is 63.7 cm³/mol. The molecule has 1 heterocycles. The van der Waals surface area contributed by atoms with Crippen LogP contribution in [0.3, 0.4) is 0 Å². The molecule has 4 heteroatoms. The fourth-order valence-corrected chi connectivity index (χ4v) is 2.45. The van der Waals surface area contributed by atoms with E-state index in [-0.39, 0.29) is 5.97 Å². The summed E-state index contributed by atoms with van der Waals surface area (Å²) >= 11 is 1.40. The van der Waals surface area contributed by atoms with Crippen molar-refractivity contribution in [3.63, 3.8) is 0 Å². The molecule has 0 radical (unpaired) electrons. The number of thiophene rings is 1. The number of hydrogen-bond donors (Lipinski definition) is 0. The summed E-state index contributed by atoms with van der Waals surface area (Å²) in [5.41, 5.74) is -0.405. The van der Waals surface area contributed by atoms with E-state index in [1.165, 1.54) is 18.3 Å². The van der Waals surface area contributed by atoms with Gasteiger partial charge in [-0.05, 0) is 25.0 Å². The maximum absolute atomic E-state index is 10.9. The quantitative estimate of drug-likeness (QED) is 0.602. The molecule has 16 heavy (non-hydrogen) atoms. The van der Waals surface area contributed by atoms with E-state index < -0.39 is 5.60 Å². The van der Waals surface area contributed by atoms with Crippen LogP contribution < -0.4 is 0 Å². The second kappa shape index (κ2) is 5.25. The molecule has 0 saturated heterocycles. The molecule has 0 N–H and O–H groups in total. The molecule has 0 unspecified atom stereocenters. The Morgan fingerprint density at radius 1 is 1.44 bits per heavy atom. The van der Waals surface area contributed by atoms with Gasteiger partial charge in [0, 0.05) is 11.8 Å². The van der Waals surface area contributed by atoms with Crippen molar-refractivity contribution in [1.29, 1.82) is 0 Å². The molecule has 1 aromatic rings. The molecule has 1 aromatic heterocycles. The molecule has 2 rings (SSSR count). The van der Waals surface area contributed by atoms with Gasteiger partial charge in [0.2, 0.25) is 0 Å². The summed E-state index contributed by atoms with van der Waals surface area (Å²) < 4.78 is 5.25. The fourth-order valence-electron chi connectivity index (χ4n) is 1.45. The minimum Gasteiger partial charge on any atom is -0.453 e. The van der Waals surface area contributed by atoms with Crippen molar-refractivity contribution in [1.82, 2.24) is 0 Å². The molecule has 1 aliphatic rings. The molecule has 0 atom stereocenters. The first-order valence-electron chi connectivity index (χ1n) is 5.41. The van der Waals surface area contributed by atoms with Gasteiger partial charge in [-0.25, -0.2) is 0 Å². The van der Waals surface area contributed by atoms with Gasteiger partial charge >= 0.3 is 5.97 Å². The third kappa shape index (κ3) is 2.70. The molecule has 0 spiro atoms. The van der Waals surface area contributed by atoms with Crippen LogP contribution in [0.4, 0.5) is 0 Å². The third-order valence-corrected chi connectivity index (χ3v) is 3.43. The van der Waals surface area contributed by atoms with Crippen molar-refractivity contribution >= 4 is 23.6 Å². The van der Waals surface area contributed by atoms with Gasteiger partial charge in [-0.3, -0.25) is 9.59 Å². The van der Waals surface area contributed by atoms with Crippen LogP contribution in [0.5, 0.6) is 0 Å². The highest BCUT2D eigenvalue weighted by Crippen LogP contribution is 2.51. The summed E-state index contributed by atoms with van der Waals surface area (Å²) in [5, 5.41) is 0. The van der Waals surface area contributed by atoms with Gasteiger partial charge in [-0.2, -0.15) is 0 Å². The summed E-state index contributed by atoms with van der Waals surface area (Å²) in [6, 6.07) is 3.63. The fraction of sp³-hybridized carbons (Fsp3) is 0.500. The molecular weight excluding hydrogens is 224 g/mol. The van der Waals surface area contributed by atoms with Crippen molar-refractivity contribution in [2.24, 2.45) is 0 Å². The van der Waals surface area contributed by atoms with E-state index in [9.17, 15) is 9.59 Å². The van der Waals surface area contributed by atoms with Gasteiger partial charge in [-0.1, -0.05) is 13.8 Å². The number of ether oxygens (including phenoxy) is 1. The minimum absolute atomic E-state index is 0.261. The van der Waals surface area contributed by atoms with Gasteiger partial charge in [0.15, 0.2) is 6.29 Å². The van der Waals surface area contributed by atoms with Gasteiger partial charge < -0.3 is 4.74 Å². The molecule has 0 aromatic carbocycles. The van der Waals surface area contributed by atoms with Crippen molar-refractivity contribution < 1.29 is 14.3 Å². The maximum atomic E-state index is 10.9. The van der Waals surface area contributed by atoms with Gasteiger partial charge in [0.1, 0.15) is 5.60 Å². The number of carbonyl (C=O) groups is 2. The Bertz CT molecular complexity index is 377. The van der Waals surface area contributed by atoms with E-state index >= 15 is 0 Å². The largest absolute Gasteiger partial charge is 0.453 e. The average molecular weight is 240 g/mol. The second-order valence-corrected chi connectivity index (χ2v) is 4.52. The summed E-state index contributed by atoms with van der Waals surface area (Å²) in [7, 11) is 0. The highest BCUT2D eigenvalue weighted by Gasteiger charge is 2.49. The Hall–Kier alpha value is -1.16. The molecule has 0 aliphatic heterocycles. The van der Waals surface area contributed by atoms with E-state index in [1.54, 1.807) is 6.07 Å². The molecular formula is C12H16O3S. The second-order valence-electron chi connectivity index (χ2n) is 3.41. The Balaban J connectivity index is 0.000000606. The highest BCUT2D eigenvalue weighted by molar-refractivity contribution is 7.13. The van der Waals surface area contributed by atoms with E-state index in [1.807, 2.05) is 19.9 Å². The lowest BCUT2D eigenvalue weighted by Crippen LogP contribution is -2.13. The molecule has 0 bridgehead atoms. The van der Waals surface area contributed by atoms with Crippen LogP contribution in [-0.2, 0) is 15.1 Å². The van der Waals surface area contributed by atoms with Gasteiger partial charge in [0.25, 0.3) is 0 Å². The van der Waals surface area contributed by atoms with E-state index in [2.05, 4.69) is 0 Å². The zero-order chi connectivity index (χ0) is 12.2. The lowest BCUT2D eigenvalue weighted by atomic mass is 10.2. The summed E-state index contributed by atoms with van der Waals surface area (Å²) in [6.45, 7) is 5.41. The first kappa shape index (κ1) is 12.9. The smallest absolute Gasteiger partial charge is 0.303 e. The monoisotopic (exact) mass is 240 g/mol. The number of aldehydes is 1. The van der Waals surface area contributed by atoms with Crippen LogP contribution in [0.2, 0.25) is 0 Å². The zero-order valence-electron chi connectivity index (χ0n) is 9.78. The molecule has 1 aliphatic carbocycles. The third-order valence-electron chi connectivity index (χ3n) is 2.24. The van der Waals surface area contributed by atoms with Gasteiger partial charge in [-0.15, -0.1) is 11.3 Å². The van der Waals surface area contributed by atoms with Crippen LogP contribution in [0.15, 0.2) is 12.1 Å². The lowest BCUT2D eigenvalue weighted by molar-refractivity contribution is -0.148. The summed E-state index contributed by atoms with van der Waals surface area (Å²) in [5.74, 6) is -0.261. The number of hydrogen-bond acceptors (Lipinski definition) is 4. The normalized spacial score (nSPS) is 15.7. The highest BCUT2D eigenvalue weighted by atomic mass is 32.1. The van der Waals surface area contributed by atoms with Crippen LogP contribution in [-0.4, -0.2) is 12.3 Å². The van der Waals surface area contributed by atoms with E-state index in [4.69, 9.17) is 4.74 Å². The van der Waals surface area contributed by atoms with Crippen molar-refractivity contribution in [3.8, 4) is 0 Å². The average Bonchev–Trinajstić information content (AvgIpc) is 2.88.